The maximum Gasteiger partial charge on any atom is 0.255 e. The van der Waals surface area contributed by atoms with Gasteiger partial charge in [0.05, 0.1) is 11.1 Å². The highest BCUT2D eigenvalue weighted by molar-refractivity contribution is 7.95. The molecule has 0 unspecified atom stereocenters. The molecular formula is C21H17N3O5S2. The van der Waals surface area contributed by atoms with Gasteiger partial charge in [0.1, 0.15) is 16.2 Å². The van der Waals surface area contributed by atoms with Crippen LogP contribution >= 0.6 is 0 Å². The van der Waals surface area contributed by atoms with E-state index in [1.807, 2.05) is 42.5 Å². The van der Waals surface area contributed by atoms with E-state index in [9.17, 15) is 16.8 Å². The summed E-state index contributed by atoms with van der Waals surface area (Å²) in [4.78, 5) is 3.25. The fourth-order valence-corrected chi connectivity index (χ4v) is 4.52. The minimum absolute atomic E-state index is 0.178. The zero-order valence-corrected chi connectivity index (χ0v) is 17.6. The first-order chi connectivity index (χ1) is 14.7. The van der Waals surface area contributed by atoms with E-state index in [4.69, 9.17) is 9.56 Å². The molecule has 4 rings (SSSR count). The summed E-state index contributed by atoms with van der Waals surface area (Å²) < 4.78 is 56.0. The normalized spacial score (nSPS) is 12.4. The Morgan fingerprint density at radius 1 is 0.968 bits per heavy atom. The zero-order chi connectivity index (χ0) is 22.1. The van der Waals surface area contributed by atoms with Gasteiger partial charge in [-0.25, -0.2) is 22.0 Å². The lowest BCUT2D eigenvalue weighted by Gasteiger charge is -2.08. The molecule has 3 N–H and O–H groups in total. The number of furan rings is 1. The van der Waals surface area contributed by atoms with Crippen LogP contribution in [0, 0.1) is 0 Å². The highest BCUT2D eigenvalue weighted by Gasteiger charge is 2.17. The summed E-state index contributed by atoms with van der Waals surface area (Å²) in [7, 11) is -8.13. The number of para-hydroxylation sites is 1. The Labute approximate surface area is 179 Å². The van der Waals surface area contributed by atoms with Gasteiger partial charge in [0.25, 0.3) is 10.0 Å². The third kappa shape index (κ3) is 4.82. The third-order valence-electron chi connectivity index (χ3n) is 4.40. The largest absolute Gasteiger partial charge is 0.456 e. The molecule has 0 amide bonds. The minimum Gasteiger partial charge on any atom is -0.456 e. The Morgan fingerprint density at radius 3 is 2.42 bits per heavy atom. The first kappa shape index (κ1) is 20.8. The minimum atomic E-state index is -4.14. The number of hydrogen-bond donors (Lipinski definition) is 2. The van der Waals surface area contributed by atoms with Crippen LogP contribution in [0.25, 0.3) is 28.4 Å². The second-order valence-electron chi connectivity index (χ2n) is 6.64. The van der Waals surface area contributed by atoms with Crippen LogP contribution in [0.3, 0.4) is 0 Å². The number of rotatable bonds is 6. The summed E-state index contributed by atoms with van der Waals surface area (Å²) in [5.74, 6) is 0.708. The lowest BCUT2D eigenvalue weighted by atomic mass is 10.1. The molecule has 2 heterocycles. The molecule has 2 aromatic carbocycles. The Hall–Kier alpha value is -3.47. The van der Waals surface area contributed by atoms with Crippen LogP contribution < -0.4 is 9.86 Å². The van der Waals surface area contributed by atoms with Gasteiger partial charge in [-0.2, -0.15) is 0 Å². The molecule has 0 spiro atoms. The molecule has 0 atom stereocenters. The molecule has 4 aromatic rings. The predicted molar refractivity (Wildman–Crippen MR) is 119 cm³/mol. The maximum absolute atomic E-state index is 12.4. The Morgan fingerprint density at radius 2 is 1.71 bits per heavy atom. The number of aromatic nitrogens is 1. The summed E-state index contributed by atoms with van der Waals surface area (Å²) in [6, 6.07) is 18.0. The second kappa shape index (κ2) is 7.99. The van der Waals surface area contributed by atoms with Crippen molar-refractivity contribution in [2.45, 2.75) is 4.90 Å². The summed E-state index contributed by atoms with van der Waals surface area (Å²) in [5.41, 5.74) is 2.09. The van der Waals surface area contributed by atoms with Crippen LogP contribution in [0.5, 0.6) is 0 Å². The average Bonchev–Trinajstić information content (AvgIpc) is 3.16. The van der Waals surface area contributed by atoms with E-state index in [0.717, 1.165) is 28.1 Å². The van der Waals surface area contributed by atoms with Gasteiger partial charge in [-0.1, -0.05) is 42.5 Å². The van der Waals surface area contributed by atoms with Crippen molar-refractivity contribution in [3.05, 3.63) is 84.0 Å². The first-order valence-electron chi connectivity index (χ1n) is 8.98. The number of nitrogens with two attached hydrogens (primary N) is 1. The van der Waals surface area contributed by atoms with E-state index in [1.54, 1.807) is 12.1 Å². The van der Waals surface area contributed by atoms with E-state index in [2.05, 4.69) is 9.71 Å². The zero-order valence-electron chi connectivity index (χ0n) is 16.0. The van der Waals surface area contributed by atoms with Crippen molar-refractivity contribution < 1.29 is 21.3 Å². The average molecular weight is 456 g/mol. The van der Waals surface area contributed by atoms with Crippen LogP contribution in [0.15, 0.2) is 87.8 Å². The van der Waals surface area contributed by atoms with Gasteiger partial charge in [-0.3, -0.25) is 9.71 Å². The number of anilines is 1. The number of sulfonamides is 2. The molecule has 0 fully saturated rings. The number of fused-ring (bicyclic) bond motifs is 1. The molecular weight excluding hydrogens is 438 g/mol. The molecule has 8 nitrogen and oxygen atoms in total. The highest BCUT2D eigenvalue weighted by Crippen LogP contribution is 2.28. The van der Waals surface area contributed by atoms with Crippen molar-refractivity contribution in [2.75, 3.05) is 4.72 Å². The first-order valence-corrected chi connectivity index (χ1v) is 12.1. The van der Waals surface area contributed by atoms with E-state index >= 15 is 0 Å². The molecule has 0 saturated heterocycles. The van der Waals surface area contributed by atoms with Gasteiger partial charge in [0, 0.05) is 23.3 Å². The topological polar surface area (TPSA) is 132 Å². The number of primary sulfonamides is 1. The van der Waals surface area contributed by atoms with Crippen molar-refractivity contribution in [1.82, 2.24) is 4.98 Å². The van der Waals surface area contributed by atoms with Gasteiger partial charge in [0.2, 0.25) is 10.0 Å². The Bertz CT molecular complexity index is 1460. The van der Waals surface area contributed by atoms with Crippen LogP contribution in [-0.4, -0.2) is 21.8 Å². The third-order valence-corrected chi connectivity index (χ3v) is 6.34. The van der Waals surface area contributed by atoms with E-state index < -0.39 is 24.9 Å². The molecule has 0 saturated carbocycles. The lowest BCUT2D eigenvalue weighted by Crippen LogP contribution is -2.17. The number of hydrogen-bond acceptors (Lipinski definition) is 6. The van der Waals surface area contributed by atoms with Crippen LogP contribution in [0.2, 0.25) is 0 Å². The molecule has 0 aliphatic rings. The second-order valence-corrected chi connectivity index (χ2v) is 9.73. The molecule has 0 radical (unpaired) electrons. The van der Waals surface area contributed by atoms with Gasteiger partial charge >= 0.3 is 0 Å². The van der Waals surface area contributed by atoms with Crippen molar-refractivity contribution in [2.24, 2.45) is 5.14 Å². The molecule has 2 aromatic heterocycles. The molecule has 0 aliphatic carbocycles. The summed E-state index contributed by atoms with van der Waals surface area (Å²) in [6.07, 6.45) is 3.63. The maximum atomic E-state index is 12.4. The van der Waals surface area contributed by atoms with E-state index in [1.165, 1.54) is 18.3 Å². The summed E-state index contributed by atoms with van der Waals surface area (Å²) >= 11 is 0. The van der Waals surface area contributed by atoms with Crippen LogP contribution in [0.1, 0.15) is 5.56 Å². The quantitative estimate of drug-likeness (QED) is 0.457. The molecule has 0 bridgehead atoms. The summed E-state index contributed by atoms with van der Waals surface area (Å²) in [6.45, 7) is 0. The SMILES string of the molecule is NS(=O)(=O)c1cnccc1NS(=O)(=O)/C=C/c1ccc(-c2cc3ccccc3o2)cc1. The Kier molecular flexibility index (Phi) is 5.36. The number of nitrogens with zero attached hydrogens (tertiary/aromatic N) is 1. The number of nitrogens with one attached hydrogen (secondary N) is 1. The smallest absolute Gasteiger partial charge is 0.255 e. The standard InChI is InChI=1S/C21H17N3O5S2/c22-31(27,28)21-14-23-11-9-18(21)24-30(25,26)12-10-15-5-7-16(8-6-15)20-13-17-3-1-2-4-19(17)29-20/h1-14H,(H,23,24)(H2,22,27,28)/b12-10+. The molecule has 0 aliphatic heterocycles. The molecule has 10 heteroatoms. The van der Waals surface area contributed by atoms with Crippen molar-refractivity contribution >= 4 is 42.8 Å². The fraction of sp³-hybridized carbons (Fsp3) is 0. The van der Waals surface area contributed by atoms with E-state index in [-0.39, 0.29) is 5.69 Å². The lowest BCUT2D eigenvalue weighted by molar-refractivity contribution is 0.598. The van der Waals surface area contributed by atoms with Crippen LogP contribution in [-0.2, 0) is 20.0 Å². The van der Waals surface area contributed by atoms with Gasteiger partial charge in [0.15, 0.2) is 0 Å². The van der Waals surface area contributed by atoms with Crippen molar-refractivity contribution in [1.29, 1.82) is 0 Å². The van der Waals surface area contributed by atoms with Crippen molar-refractivity contribution in [3.8, 4) is 11.3 Å². The Balaban J connectivity index is 1.53. The van der Waals surface area contributed by atoms with Gasteiger partial charge in [-0.15, -0.1) is 0 Å². The van der Waals surface area contributed by atoms with Crippen molar-refractivity contribution in [3.63, 3.8) is 0 Å². The highest BCUT2D eigenvalue weighted by atomic mass is 32.2. The van der Waals surface area contributed by atoms with Gasteiger partial charge < -0.3 is 4.42 Å². The van der Waals surface area contributed by atoms with Crippen LogP contribution in [0.4, 0.5) is 5.69 Å². The predicted octanol–water partition coefficient (Wildman–Crippen LogP) is 3.55. The fourth-order valence-electron chi connectivity index (χ4n) is 2.93. The molecule has 158 valence electrons. The number of pyridine rings is 1. The number of benzene rings is 2. The molecule has 31 heavy (non-hydrogen) atoms. The monoisotopic (exact) mass is 455 g/mol. The van der Waals surface area contributed by atoms with E-state index in [0.29, 0.717) is 11.3 Å². The van der Waals surface area contributed by atoms with Gasteiger partial charge in [-0.05, 0) is 29.8 Å². The summed E-state index contributed by atoms with van der Waals surface area (Å²) in [5, 5.41) is 7.04.